The molecule has 4 heteroatoms. The zero-order valence-corrected chi connectivity index (χ0v) is 10.5. The van der Waals surface area contributed by atoms with E-state index in [-0.39, 0.29) is 0 Å². The van der Waals surface area contributed by atoms with Crippen molar-refractivity contribution in [3.05, 3.63) is 29.6 Å². The van der Waals surface area contributed by atoms with E-state index in [0.29, 0.717) is 26.4 Å². The molecule has 0 aliphatic heterocycles. The number of nitrogens with zero attached hydrogens (tertiary/aromatic N) is 1. The van der Waals surface area contributed by atoms with Crippen LogP contribution in [0.15, 0.2) is 18.2 Å². The van der Waals surface area contributed by atoms with E-state index in [0.717, 1.165) is 30.8 Å². The Morgan fingerprint density at radius 1 is 1.12 bits per heavy atom. The lowest BCUT2D eigenvalue weighted by Gasteiger charge is -2.06. The van der Waals surface area contributed by atoms with Crippen LogP contribution in [-0.2, 0) is 22.6 Å². The number of hydrogen-bond donors (Lipinski definition) is 1. The Morgan fingerprint density at radius 3 is 2.65 bits per heavy atom. The van der Waals surface area contributed by atoms with Crippen LogP contribution in [0.25, 0.3) is 0 Å². The van der Waals surface area contributed by atoms with Crippen LogP contribution in [-0.4, -0.2) is 24.8 Å². The Bertz CT molecular complexity index is 305. The Hall–Kier alpha value is -0.970. The predicted octanol–water partition coefficient (Wildman–Crippen LogP) is 1.87. The van der Waals surface area contributed by atoms with Crippen LogP contribution in [0, 0.1) is 0 Å². The molecule has 0 aliphatic rings. The predicted molar refractivity (Wildman–Crippen MR) is 67.5 cm³/mol. The minimum absolute atomic E-state index is 0.466. The van der Waals surface area contributed by atoms with Crippen molar-refractivity contribution in [2.45, 2.75) is 32.9 Å². The van der Waals surface area contributed by atoms with E-state index in [4.69, 9.17) is 15.2 Å². The highest BCUT2D eigenvalue weighted by Gasteiger charge is 1.97. The van der Waals surface area contributed by atoms with E-state index in [9.17, 15) is 0 Å². The average Bonchev–Trinajstić information content (AvgIpc) is 2.38. The van der Waals surface area contributed by atoms with Gasteiger partial charge in [0.05, 0.1) is 31.2 Å². The molecule has 0 saturated carbocycles. The minimum atomic E-state index is 0.466. The van der Waals surface area contributed by atoms with Crippen molar-refractivity contribution in [2.24, 2.45) is 5.73 Å². The summed E-state index contributed by atoms with van der Waals surface area (Å²) in [6.07, 6.45) is 2.27. The van der Waals surface area contributed by atoms with Gasteiger partial charge in [0.2, 0.25) is 0 Å². The van der Waals surface area contributed by atoms with Gasteiger partial charge in [-0.3, -0.25) is 4.98 Å². The zero-order chi connectivity index (χ0) is 12.3. The van der Waals surface area contributed by atoms with E-state index in [2.05, 4.69) is 11.9 Å². The lowest BCUT2D eigenvalue weighted by atomic mass is 10.3. The molecule has 0 atom stereocenters. The number of pyridine rings is 1. The first kappa shape index (κ1) is 14.1. The number of unbranched alkanes of at least 4 members (excludes halogenated alkanes) is 1. The molecular weight excluding hydrogens is 216 g/mol. The highest BCUT2D eigenvalue weighted by atomic mass is 16.5. The largest absolute Gasteiger partial charge is 0.379 e. The zero-order valence-electron chi connectivity index (χ0n) is 10.5. The molecule has 0 radical (unpaired) electrons. The van der Waals surface area contributed by atoms with Gasteiger partial charge in [0.1, 0.15) is 0 Å². The lowest BCUT2D eigenvalue weighted by molar-refractivity contribution is 0.0385. The van der Waals surface area contributed by atoms with Crippen molar-refractivity contribution in [1.82, 2.24) is 4.98 Å². The molecule has 0 amide bonds. The summed E-state index contributed by atoms with van der Waals surface area (Å²) in [5.74, 6) is 0. The first-order chi connectivity index (χ1) is 8.36. The van der Waals surface area contributed by atoms with Crippen molar-refractivity contribution in [3.8, 4) is 0 Å². The van der Waals surface area contributed by atoms with Crippen LogP contribution < -0.4 is 5.73 Å². The number of hydrogen-bond acceptors (Lipinski definition) is 4. The van der Waals surface area contributed by atoms with E-state index < -0.39 is 0 Å². The van der Waals surface area contributed by atoms with Crippen molar-refractivity contribution >= 4 is 0 Å². The van der Waals surface area contributed by atoms with Crippen molar-refractivity contribution in [1.29, 1.82) is 0 Å². The molecule has 96 valence electrons. The second-order valence-electron chi connectivity index (χ2n) is 3.84. The molecule has 0 bridgehead atoms. The molecule has 4 nitrogen and oxygen atoms in total. The quantitative estimate of drug-likeness (QED) is 0.667. The first-order valence-corrected chi connectivity index (χ1v) is 6.17. The summed E-state index contributed by atoms with van der Waals surface area (Å²) in [5.41, 5.74) is 7.33. The molecule has 0 saturated heterocycles. The highest BCUT2D eigenvalue weighted by molar-refractivity contribution is 5.10. The summed E-state index contributed by atoms with van der Waals surface area (Å²) in [4.78, 5) is 4.35. The topological polar surface area (TPSA) is 57.4 Å². The SMILES string of the molecule is CCCCOCCOCc1cccc(CN)n1. The smallest absolute Gasteiger partial charge is 0.0889 e. The molecule has 0 aromatic carbocycles. The van der Waals surface area contributed by atoms with Crippen molar-refractivity contribution in [2.75, 3.05) is 19.8 Å². The second kappa shape index (κ2) is 9.10. The third kappa shape index (κ3) is 6.36. The summed E-state index contributed by atoms with van der Waals surface area (Å²) in [6.45, 7) is 5.21. The van der Waals surface area contributed by atoms with Gasteiger partial charge in [-0.2, -0.15) is 0 Å². The second-order valence-corrected chi connectivity index (χ2v) is 3.84. The summed E-state index contributed by atoms with van der Waals surface area (Å²) < 4.78 is 10.9. The Balaban J connectivity index is 2.09. The van der Waals surface area contributed by atoms with Gasteiger partial charge in [-0.25, -0.2) is 0 Å². The maximum atomic E-state index is 5.52. The molecule has 0 unspecified atom stereocenters. The molecule has 1 aromatic rings. The minimum Gasteiger partial charge on any atom is -0.379 e. The molecule has 2 N–H and O–H groups in total. The Kier molecular flexibility index (Phi) is 7.54. The summed E-state index contributed by atoms with van der Waals surface area (Å²) in [5, 5.41) is 0. The third-order valence-electron chi connectivity index (χ3n) is 2.34. The number of aromatic nitrogens is 1. The normalized spacial score (nSPS) is 10.7. The maximum Gasteiger partial charge on any atom is 0.0889 e. The van der Waals surface area contributed by atoms with Gasteiger partial charge in [-0.05, 0) is 18.6 Å². The maximum absolute atomic E-state index is 5.52. The Morgan fingerprint density at radius 2 is 1.88 bits per heavy atom. The van der Waals surface area contributed by atoms with E-state index in [1.807, 2.05) is 18.2 Å². The van der Waals surface area contributed by atoms with Crippen LogP contribution in [0.3, 0.4) is 0 Å². The molecule has 0 fully saturated rings. The average molecular weight is 238 g/mol. The van der Waals surface area contributed by atoms with E-state index in [1.165, 1.54) is 0 Å². The molecular formula is C13H22N2O2. The summed E-state index contributed by atoms with van der Waals surface area (Å²) in [7, 11) is 0. The van der Waals surface area contributed by atoms with Gasteiger partial charge < -0.3 is 15.2 Å². The molecule has 1 rings (SSSR count). The summed E-state index contributed by atoms with van der Waals surface area (Å²) in [6, 6.07) is 5.81. The van der Waals surface area contributed by atoms with Crippen LogP contribution >= 0.6 is 0 Å². The van der Waals surface area contributed by atoms with Gasteiger partial charge in [-0.1, -0.05) is 19.4 Å². The van der Waals surface area contributed by atoms with Crippen molar-refractivity contribution < 1.29 is 9.47 Å². The van der Waals surface area contributed by atoms with Gasteiger partial charge in [0, 0.05) is 13.2 Å². The molecule has 1 heterocycles. The lowest BCUT2D eigenvalue weighted by Crippen LogP contribution is -2.07. The van der Waals surface area contributed by atoms with Crippen LogP contribution in [0.5, 0.6) is 0 Å². The highest BCUT2D eigenvalue weighted by Crippen LogP contribution is 2.00. The first-order valence-electron chi connectivity index (χ1n) is 6.17. The van der Waals surface area contributed by atoms with Crippen LogP contribution in [0.4, 0.5) is 0 Å². The number of ether oxygens (including phenoxy) is 2. The Labute approximate surface area is 103 Å². The standard InChI is InChI=1S/C13H22N2O2/c1-2-3-7-16-8-9-17-11-13-6-4-5-12(10-14)15-13/h4-6H,2-3,7-11,14H2,1H3. The summed E-state index contributed by atoms with van der Waals surface area (Å²) >= 11 is 0. The fraction of sp³-hybridized carbons (Fsp3) is 0.615. The van der Waals surface area contributed by atoms with Crippen LogP contribution in [0.2, 0.25) is 0 Å². The van der Waals surface area contributed by atoms with Gasteiger partial charge in [0.15, 0.2) is 0 Å². The molecule has 0 aliphatic carbocycles. The van der Waals surface area contributed by atoms with E-state index in [1.54, 1.807) is 0 Å². The van der Waals surface area contributed by atoms with Gasteiger partial charge in [-0.15, -0.1) is 0 Å². The molecule has 17 heavy (non-hydrogen) atoms. The van der Waals surface area contributed by atoms with E-state index >= 15 is 0 Å². The molecule has 0 spiro atoms. The van der Waals surface area contributed by atoms with Gasteiger partial charge in [0.25, 0.3) is 0 Å². The van der Waals surface area contributed by atoms with Crippen LogP contribution in [0.1, 0.15) is 31.2 Å². The number of rotatable bonds is 9. The van der Waals surface area contributed by atoms with Gasteiger partial charge >= 0.3 is 0 Å². The fourth-order valence-corrected chi connectivity index (χ4v) is 1.37. The monoisotopic (exact) mass is 238 g/mol. The third-order valence-corrected chi connectivity index (χ3v) is 2.34. The van der Waals surface area contributed by atoms with Crippen molar-refractivity contribution in [3.63, 3.8) is 0 Å². The fourth-order valence-electron chi connectivity index (χ4n) is 1.37. The number of nitrogens with two attached hydrogens (primary N) is 1. The molecule has 1 aromatic heterocycles.